The minimum Gasteiger partial charge on any atom is -0.360 e. The molecule has 0 aliphatic heterocycles. The molecule has 1 amide bonds. The zero-order chi connectivity index (χ0) is 24.5. The minimum absolute atomic E-state index is 0.0736. The first kappa shape index (κ1) is 22.7. The summed E-state index contributed by atoms with van der Waals surface area (Å²) in [5.74, 6) is 0.409. The highest BCUT2D eigenvalue weighted by Crippen LogP contribution is 2.34. The van der Waals surface area contributed by atoms with Crippen LogP contribution in [-0.4, -0.2) is 21.7 Å². The second kappa shape index (κ2) is 9.70. The van der Waals surface area contributed by atoms with Crippen molar-refractivity contribution in [2.24, 2.45) is 5.92 Å². The number of aryl methyl sites for hydroxylation is 1. The number of carbonyl (C=O) groups is 2. The Hall–Kier alpha value is -3.77. The van der Waals surface area contributed by atoms with Crippen molar-refractivity contribution in [3.8, 4) is 11.1 Å². The van der Waals surface area contributed by atoms with Crippen LogP contribution in [-0.2, 0) is 11.2 Å². The van der Waals surface area contributed by atoms with Gasteiger partial charge in [0.1, 0.15) is 0 Å². The van der Waals surface area contributed by atoms with E-state index in [-0.39, 0.29) is 17.6 Å². The van der Waals surface area contributed by atoms with Crippen molar-refractivity contribution in [2.75, 3.05) is 5.32 Å². The van der Waals surface area contributed by atoms with Crippen LogP contribution in [0.1, 0.15) is 48.0 Å². The lowest BCUT2D eigenvalue weighted by molar-refractivity contribution is -0.117. The topological polar surface area (TPSA) is 74.8 Å². The molecule has 2 aromatic heterocycles. The molecule has 1 fully saturated rings. The Balaban J connectivity index is 1.18. The Morgan fingerprint density at radius 2 is 1.78 bits per heavy atom. The molecule has 1 aliphatic carbocycles. The summed E-state index contributed by atoms with van der Waals surface area (Å²) < 4.78 is 1.03. The van der Waals surface area contributed by atoms with E-state index in [4.69, 9.17) is 0 Å². The lowest BCUT2D eigenvalue weighted by Crippen LogP contribution is -2.12. The van der Waals surface area contributed by atoms with E-state index in [1.807, 2.05) is 30.5 Å². The van der Waals surface area contributed by atoms with Gasteiger partial charge in [-0.1, -0.05) is 53.8 Å². The summed E-state index contributed by atoms with van der Waals surface area (Å²) in [6.07, 6.45) is 7.21. The van der Waals surface area contributed by atoms with Gasteiger partial charge in [0.2, 0.25) is 5.91 Å². The molecule has 0 atom stereocenters. The number of carbonyl (C=O) groups excluding carboxylic acids is 2. The molecule has 6 rings (SSSR count). The van der Waals surface area contributed by atoms with Crippen LogP contribution in [0.4, 0.5) is 5.13 Å². The number of unbranched alkanes of at least 4 members (excludes halogenated alkanes) is 1. The fraction of sp³-hybridized carbons (Fsp3) is 0.233. The molecular formula is C30H27N3O2S. The number of nitrogens with one attached hydrogen (secondary N) is 2. The second-order valence-electron chi connectivity index (χ2n) is 9.54. The molecule has 0 bridgehead atoms. The third-order valence-electron chi connectivity index (χ3n) is 6.84. The summed E-state index contributed by atoms with van der Waals surface area (Å²) in [6.45, 7) is 0. The summed E-state index contributed by atoms with van der Waals surface area (Å²) in [7, 11) is 0. The number of hydrogen-bond acceptors (Lipinski definition) is 4. The SMILES string of the molecule is O=C(CCCCc1ccccc1)c1c[nH]c2ccc(-c3ccc4nc(NC(=O)C5CC5)sc4c3)cc12. The zero-order valence-corrected chi connectivity index (χ0v) is 20.7. The van der Waals surface area contributed by atoms with Gasteiger partial charge in [-0.2, -0.15) is 0 Å². The average molecular weight is 494 g/mol. The number of H-pyrrole nitrogens is 1. The lowest BCUT2D eigenvalue weighted by atomic mass is 9.99. The third kappa shape index (κ3) is 4.82. The largest absolute Gasteiger partial charge is 0.360 e. The summed E-state index contributed by atoms with van der Waals surface area (Å²) >= 11 is 1.50. The fourth-order valence-electron chi connectivity index (χ4n) is 4.64. The number of Topliss-reactive ketones (excluding diaryl/α,β-unsaturated/α-hetero) is 1. The van der Waals surface area contributed by atoms with Crippen molar-refractivity contribution in [1.82, 2.24) is 9.97 Å². The van der Waals surface area contributed by atoms with Crippen LogP contribution in [0, 0.1) is 5.92 Å². The van der Waals surface area contributed by atoms with Crippen molar-refractivity contribution in [2.45, 2.75) is 38.5 Å². The van der Waals surface area contributed by atoms with Crippen molar-refractivity contribution < 1.29 is 9.59 Å². The predicted molar refractivity (Wildman–Crippen MR) is 147 cm³/mol. The van der Waals surface area contributed by atoms with Crippen LogP contribution in [0.5, 0.6) is 0 Å². The zero-order valence-electron chi connectivity index (χ0n) is 19.9. The third-order valence-corrected chi connectivity index (χ3v) is 7.78. The van der Waals surface area contributed by atoms with Gasteiger partial charge in [-0.25, -0.2) is 4.98 Å². The standard InChI is InChI=1S/C30H27N3O2S/c34-27(9-5-4-8-19-6-2-1-3-7-19)24-18-31-25-14-12-21(16-23(24)25)22-13-15-26-28(17-22)36-30(32-26)33-29(35)20-10-11-20/h1-3,6-7,12-18,20,31H,4-5,8-11H2,(H,32,33,35). The van der Waals surface area contributed by atoms with E-state index in [2.05, 4.69) is 57.7 Å². The molecule has 1 aliphatic rings. The first-order chi connectivity index (χ1) is 17.6. The lowest BCUT2D eigenvalue weighted by Gasteiger charge is -2.05. The van der Waals surface area contributed by atoms with E-state index in [1.165, 1.54) is 16.9 Å². The van der Waals surface area contributed by atoms with Crippen molar-refractivity contribution in [3.05, 3.63) is 84.1 Å². The maximum atomic E-state index is 13.0. The number of ketones is 1. The molecule has 5 nitrogen and oxygen atoms in total. The number of amides is 1. The molecule has 180 valence electrons. The van der Waals surface area contributed by atoms with Gasteiger partial charge < -0.3 is 10.3 Å². The number of benzene rings is 3. The van der Waals surface area contributed by atoms with Crippen molar-refractivity contribution >= 4 is 49.3 Å². The van der Waals surface area contributed by atoms with Gasteiger partial charge in [0.25, 0.3) is 0 Å². The number of aromatic nitrogens is 2. The number of nitrogens with zero attached hydrogens (tertiary/aromatic N) is 1. The summed E-state index contributed by atoms with van der Waals surface area (Å²) in [6, 6.07) is 22.8. The molecule has 2 heterocycles. The molecule has 2 N–H and O–H groups in total. The van der Waals surface area contributed by atoms with Gasteiger partial charge >= 0.3 is 0 Å². The minimum atomic E-state index is 0.0736. The Labute approximate surface area is 213 Å². The van der Waals surface area contributed by atoms with E-state index in [1.54, 1.807) is 0 Å². The number of rotatable bonds is 9. The van der Waals surface area contributed by atoms with Gasteiger partial charge in [0, 0.05) is 35.0 Å². The van der Waals surface area contributed by atoms with Gasteiger partial charge in [-0.3, -0.25) is 9.59 Å². The molecule has 36 heavy (non-hydrogen) atoms. The van der Waals surface area contributed by atoms with E-state index in [0.29, 0.717) is 11.6 Å². The molecule has 0 radical (unpaired) electrons. The molecule has 0 spiro atoms. The molecule has 6 heteroatoms. The Bertz CT molecular complexity index is 1560. The van der Waals surface area contributed by atoms with E-state index < -0.39 is 0 Å². The van der Waals surface area contributed by atoms with E-state index >= 15 is 0 Å². The maximum Gasteiger partial charge on any atom is 0.229 e. The van der Waals surface area contributed by atoms with Crippen LogP contribution in [0.2, 0.25) is 0 Å². The highest BCUT2D eigenvalue weighted by molar-refractivity contribution is 7.22. The normalized spacial score (nSPS) is 13.3. The van der Waals surface area contributed by atoms with E-state index in [0.717, 1.165) is 69.9 Å². The van der Waals surface area contributed by atoms with Crippen LogP contribution < -0.4 is 5.32 Å². The quantitative estimate of drug-likeness (QED) is 0.166. The van der Waals surface area contributed by atoms with Crippen LogP contribution in [0.25, 0.3) is 32.2 Å². The fourth-order valence-corrected chi connectivity index (χ4v) is 5.54. The highest BCUT2D eigenvalue weighted by atomic mass is 32.1. The van der Waals surface area contributed by atoms with Crippen LogP contribution in [0.3, 0.4) is 0 Å². The van der Waals surface area contributed by atoms with Gasteiger partial charge in [0.15, 0.2) is 10.9 Å². The average Bonchev–Trinajstić information content (AvgIpc) is 3.55. The number of anilines is 1. The summed E-state index contributed by atoms with van der Waals surface area (Å²) in [5, 5.41) is 4.56. The molecule has 0 unspecified atom stereocenters. The van der Waals surface area contributed by atoms with Crippen molar-refractivity contribution in [3.63, 3.8) is 0 Å². The van der Waals surface area contributed by atoms with E-state index in [9.17, 15) is 9.59 Å². The number of hydrogen-bond donors (Lipinski definition) is 2. The molecule has 3 aromatic carbocycles. The number of fused-ring (bicyclic) bond motifs is 2. The molecule has 5 aromatic rings. The Morgan fingerprint density at radius 1 is 0.972 bits per heavy atom. The van der Waals surface area contributed by atoms with Crippen molar-refractivity contribution in [1.29, 1.82) is 0 Å². The molecular weight excluding hydrogens is 466 g/mol. The van der Waals surface area contributed by atoms with Crippen LogP contribution in [0.15, 0.2) is 72.9 Å². The smallest absolute Gasteiger partial charge is 0.229 e. The molecule has 0 saturated heterocycles. The molecule has 1 saturated carbocycles. The predicted octanol–water partition coefficient (Wildman–Crippen LogP) is 7.39. The first-order valence-corrected chi connectivity index (χ1v) is 13.4. The van der Waals surface area contributed by atoms with Gasteiger partial charge in [0.05, 0.1) is 10.2 Å². The summed E-state index contributed by atoms with van der Waals surface area (Å²) in [5.41, 5.74) is 6.04. The number of aromatic amines is 1. The van der Waals surface area contributed by atoms with Gasteiger partial charge in [-0.05, 0) is 73.1 Å². The first-order valence-electron chi connectivity index (χ1n) is 12.5. The monoisotopic (exact) mass is 493 g/mol. The second-order valence-corrected chi connectivity index (χ2v) is 10.6. The van der Waals surface area contributed by atoms with Crippen LogP contribution >= 0.6 is 11.3 Å². The summed E-state index contributed by atoms with van der Waals surface area (Å²) in [4.78, 5) is 33.0. The maximum absolute atomic E-state index is 13.0. The Kier molecular flexibility index (Phi) is 6.11. The Morgan fingerprint density at radius 3 is 2.61 bits per heavy atom. The number of thiazole rings is 1. The highest BCUT2D eigenvalue weighted by Gasteiger charge is 2.30. The van der Waals surface area contributed by atoms with Gasteiger partial charge in [-0.15, -0.1) is 0 Å².